The number of aromatic nitrogens is 1. The summed E-state index contributed by atoms with van der Waals surface area (Å²) in [6, 6.07) is 14.0. The zero-order valence-electron chi connectivity index (χ0n) is 18.2. The second-order valence-corrected chi connectivity index (χ2v) is 9.88. The maximum absolute atomic E-state index is 13.0. The van der Waals surface area contributed by atoms with Crippen LogP contribution < -0.4 is 15.8 Å². The molecule has 1 fully saturated rings. The van der Waals surface area contributed by atoms with Crippen molar-refractivity contribution in [3.63, 3.8) is 0 Å². The number of carbonyl (C=O) groups is 3. The summed E-state index contributed by atoms with van der Waals surface area (Å²) in [5, 5.41) is 5.21. The first-order chi connectivity index (χ1) is 16.4. The SMILES string of the molecule is Cc1sc(NC(=O)c2cccc(N3NC(=O)C4CC=CCC4C3=O)c2)nc1-c1ccc(Cl)cc1. The van der Waals surface area contributed by atoms with Crippen LogP contribution in [0.3, 0.4) is 0 Å². The minimum Gasteiger partial charge on any atom is -0.298 e. The Morgan fingerprint density at radius 2 is 1.85 bits per heavy atom. The largest absolute Gasteiger partial charge is 0.298 e. The van der Waals surface area contributed by atoms with Crippen molar-refractivity contribution in [2.45, 2.75) is 19.8 Å². The number of nitrogens with zero attached hydrogens (tertiary/aromatic N) is 2. The normalized spacial score (nSPS) is 19.5. The molecular weight excluding hydrogens is 472 g/mol. The summed E-state index contributed by atoms with van der Waals surface area (Å²) < 4.78 is 0. The van der Waals surface area contributed by atoms with Crippen LogP contribution in [0.5, 0.6) is 0 Å². The molecule has 2 aromatic carbocycles. The fourth-order valence-electron chi connectivity index (χ4n) is 4.26. The van der Waals surface area contributed by atoms with Gasteiger partial charge < -0.3 is 0 Å². The molecule has 1 aromatic heterocycles. The lowest BCUT2D eigenvalue weighted by atomic mass is 9.80. The second kappa shape index (κ2) is 9.04. The number of hydrogen-bond donors (Lipinski definition) is 2. The van der Waals surface area contributed by atoms with Gasteiger partial charge >= 0.3 is 0 Å². The van der Waals surface area contributed by atoms with Crippen LogP contribution in [0, 0.1) is 18.8 Å². The number of amides is 3. The Kier molecular flexibility index (Phi) is 5.93. The van der Waals surface area contributed by atoms with Crippen LogP contribution in [0.4, 0.5) is 10.8 Å². The van der Waals surface area contributed by atoms with E-state index in [0.717, 1.165) is 16.1 Å². The standard InChI is InChI=1S/C25H21ClN4O3S/c1-14-21(15-9-11-17(26)12-10-15)27-25(34-14)28-22(31)16-5-4-6-18(13-16)30-24(33)20-8-3-2-7-19(20)23(32)29-30/h2-6,9-13,19-20H,7-8H2,1H3,(H,29,32)(H,27,28,31). The minimum atomic E-state index is -0.388. The van der Waals surface area contributed by atoms with Gasteiger partial charge in [0, 0.05) is 21.0 Å². The number of nitrogens with one attached hydrogen (secondary N) is 2. The third-order valence-corrected chi connectivity index (χ3v) is 7.17. The predicted molar refractivity (Wildman–Crippen MR) is 133 cm³/mol. The maximum atomic E-state index is 13.0. The van der Waals surface area contributed by atoms with Gasteiger partial charge in [0.25, 0.3) is 5.91 Å². The molecule has 3 aromatic rings. The zero-order valence-corrected chi connectivity index (χ0v) is 19.8. The van der Waals surface area contributed by atoms with Crippen molar-refractivity contribution < 1.29 is 14.4 Å². The van der Waals surface area contributed by atoms with Crippen LogP contribution in [-0.2, 0) is 9.59 Å². The number of allylic oxidation sites excluding steroid dienone is 2. The summed E-state index contributed by atoms with van der Waals surface area (Å²) in [7, 11) is 0. The molecule has 0 bridgehead atoms. The van der Waals surface area contributed by atoms with E-state index >= 15 is 0 Å². The van der Waals surface area contributed by atoms with E-state index in [1.807, 2.05) is 31.2 Å². The van der Waals surface area contributed by atoms with Gasteiger partial charge in [-0.25, -0.2) is 9.99 Å². The molecule has 5 rings (SSSR count). The second-order valence-electron chi connectivity index (χ2n) is 8.24. The van der Waals surface area contributed by atoms with Crippen molar-refractivity contribution in [2.75, 3.05) is 10.3 Å². The van der Waals surface area contributed by atoms with E-state index < -0.39 is 0 Å². The first-order valence-electron chi connectivity index (χ1n) is 10.8. The van der Waals surface area contributed by atoms with Gasteiger partial charge in [0.1, 0.15) is 0 Å². The molecule has 2 atom stereocenters. The summed E-state index contributed by atoms with van der Waals surface area (Å²) in [5.74, 6) is -1.44. The molecule has 1 aliphatic heterocycles. The zero-order chi connectivity index (χ0) is 23.8. The van der Waals surface area contributed by atoms with Crippen LogP contribution in [0.15, 0.2) is 60.7 Å². The number of hydrazine groups is 1. The summed E-state index contributed by atoms with van der Waals surface area (Å²) >= 11 is 7.35. The van der Waals surface area contributed by atoms with Crippen LogP contribution >= 0.6 is 22.9 Å². The van der Waals surface area contributed by atoms with Gasteiger partial charge in [0.15, 0.2) is 5.13 Å². The first-order valence-corrected chi connectivity index (χ1v) is 12.0. The predicted octanol–water partition coefficient (Wildman–Crippen LogP) is 4.98. The molecule has 0 spiro atoms. The monoisotopic (exact) mass is 492 g/mol. The molecular formula is C25H21ClN4O3S. The number of anilines is 2. The van der Waals surface area contributed by atoms with Gasteiger partial charge in [-0.15, -0.1) is 11.3 Å². The lowest BCUT2D eigenvalue weighted by molar-refractivity contribution is -0.139. The van der Waals surface area contributed by atoms with Crippen LogP contribution in [-0.4, -0.2) is 22.7 Å². The molecule has 1 aliphatic carbocycles. The molecule has 172 valence electrons. The number of carbonyl (C=O) groups excluding carboxylic acids is 3. The van der Waals surface area contributed by atoms with E-state index in [0.29, 0.717) is 34.2 Å². The van der Waals surface area contributed by atoms with E-state index in [2.05, 4.69) is 15.7 Å². The summed E-state index contributed by atoms with van der Waals surface area (Å²) in [5.41, 5.74) is 5.18. The Hall–Kier alpha value is -3.49. The number of fused-ring (bicyclic) bond motifs is 1. The third-order valence-electron chi connectivity index (χ3n) is 6.03. The lowest BCUT2D eigenvalue weighted by Gasteiger charge is -2.38. The van der Waals surface area contributed by atoms with Gasteiger partial charge in [-0.1, -0.05) is 42.0 Å². The average Bonchev–Trinajstić information content (AvgIpc) is 3.21. The average molecular weight is 493 g/mol. The highest BCUT2D eigenvalue weighted by molar-refractivity contribution is 7.16. The smallest absolute Gasteiger partial charge is 0.257 e. The van der Waals surface area contributed by atoms with Gasteiger partial charge in [0.05, 0.1) is 23.2 Å². The van der Waals surface area contributed by atoms with E-state index in [4.69, 9.17) is 11.6 Å². The summed E-state index contributed by atoms with van der Waals surface area (Å²) in [6.07, 6.45) is 4.97. The molecule has 1 saturated heterocycles. The fourth-order valence-corrected chi connectivity index (χ4v) is 5.22. The van der Waals surface area contributed by atoms with Crippen molar-refractivity contribution >= 4 is 51.5 Å². The Balaban J connectivity index is 1.35. The molecule has 7 nitrogen and oxygen atoms in total. The molecule has 2 heterocycles. The maximum Gasteiger partial charge on any atom is 0.257 e. The quantitative estimate of drug-likeness (QED) is 0.502. The van der Waals surface area contributed by atoms with Crippen molar-refractivity contribution in [3.8, 4) is 11.3 Å². The van der Waals surface area contributed by atoms with E-state index in [1.165, 1.54) is 16.3 Å². The van der Waals surface area contributed by atoms with Crippen LogP contribution in [0.1, 0.15) is 28.1 Å². The molecule has 2 N–H and O–H groups in total. The van der Waals surface area contributed by atoms with Gasteiger partial charge in [-0.2, -0.15) is 0 Å². The summed E-state index contributed by atoms with van der Waals surface area (Å²) in [4.78, 5) is 44.1. The highest BCUT2D eigenvalue weighted by Gasteiger charge is 2.42. The molecule has 0 saturated carbocycles. The number of benzene rings is 2. The van der Waals surface area contributed by atoms with Crippen LogP contribution in [0.2, 0.25) is 5.02 Å². The fraction of sp³-hybridized carbons (Fsp3) is 0.200. The number of aryl methyl sites for hydroxylation is 1. The molecule has 2 aliphatic rings. The number of hydrogen-bond acceptors (Lipinski definition) is 5. The topological polar surface area (TPSA) is 91.4 Å². The minimum absolute atomic E-state index is 0.172. The molecule has 9 heteroatoms. The highest BCUT2D eigenvalue weighted by atomic mass is 35.5. The first kappa shape index (κ1) is 22.3. The number of halogens is 1. The van der Waals surface area contributed by atoms with Crippen molar-refractivity contribution in [2.24, 2.45) is 11.8 Å². The third kappa shape index (κ3) is 4.22. The molecule has 34 heavy (non-hydrogen) atoms. The summed E-state index contributed by atoms with van der Waals surface area (Å²) in [6.45, 7) is 1.94. The van der Waals surface area contributed by atoms with Crippen molar-refractivity contribution in [1.82, 2.24) is 10.4 Å². The van der Waals surface area contributed by atoms with Gasteiger partial charge in [0.2, 0.25) is 11.8 Å². The van der Waals surface area contributed by atoms with E-state index in [9.17, 15) is 14.4 Å². The Morgan fingerprint density at radius 1 is 1.12 bits per heavy atom. The van der Waals surface area contributed by atoms with Gasteiger partial charge in [-0.05, 0) is 50.1 Å². The van der Waals surface area contributed by atoms with Crippen molar-refractivity contribution in [1.29, 1.82) is 0 Å². The Bertz CT molecular complexity index is 1320. The lowest BCUT2D eigenvalue weighted by Crippen LogP contribution is -2.59. The Morgan fingerprint density at radius 3 is 2.62 bits per heavy atom. The van der Waals surface area contributed by atoms with E-state index in [-0.39, 0.29) is 29.6 Å². The number of thiazole rings is 1. The molecule has 3 amide bonds. The van der Waals surface area contributed by atoms with Gasteiger partial charge in [-0.3, -0.25) is 25.1 Å². The number of rotatable bonds is 4. The Labute approximate surface area is 205 Å². The molecule has 2 unspecified atom stereocenters. The van der Waals surface area contributed by atoms with Crippen LogP contribution in [0.25, 0.3) is 11.3 Å². The highest BCUT2D eigenvalue weighted by Crippen LogP contribution is 2.33. The molecule has 0 radical (unpaired) electrons. The van der Waals surface area contributed by atoms with E-state index in [1.54, 1.807) is 36.4 Å². The van der Waals surface area contributed by atoms with Crippen molar-refractivity contribution in [3.05, 3.63) is 76.1 Å².